The predicted octanol–water partition coefficient (Wildman–Crippen LogP) is 5.05. The molecule has 0 saturated heterocycles. The number of nitrogens with one attached hydrogen (secondary N) is 2. The van der Waals surface area contributed by atoms with Crippen LogP contribution in [-0.4, -0.2) is 50.4 Å². The summed E-state index contributed by atoms with van der Waals surface area (Å²) in [4.78, 5) is 25.0. The minimum atomic E-state index is -3.92. The first kappa shape index (κ1) is 31.4. The van der Waals surface area contributed by atoms with Crippen molar-refractivity contribution in [3.05, 3.63) is 125 Å². The Morgan fingerprint density at radius 1 is 0.907 bits per heavy atom. The number of ether oxygens (including phenoxy) is 1. The van der Waals surface area contributed by atoms with Gasteiger partial charge in [-0.15, -0.1) is 0 Å². The minimum absolute atomic E-state index is 0.117. The molecule has 0 aliphatic rings. The molecule has 0 aliphatic heterocycles. The van der Waals surface area contributed by atoms with Crippen molar-refractivity contribution in [2.75, 3.05) is 25.0 Å². The maximum atomic E-state index is 13.4. The van der Waals surface area contributed by atoms with Crippen LogP contribution in [-0.2, 0) is 26.0 Å². The van der Waals surface area contributed by atoms with E-state index < -0.39 is 22.5 Å². The van der Waals surface area contributed by atoms with Gasteiger partial charge in [0.15, 0.2) is 6.61 Å². The molecular formula is C32H31ClN4O5S. The number of benzene rings is 4. The van der Waals surface area contributed by atoms with E-state index in [1.54, 1.807) is 60.7 Å². The summed E-state index contributed by atoms with van der Waals surface area (Å²) in [5.41, 5.74) is 5.52. The molecule has 0 saturated carbocycles. The molecule has 0 radical (unpaired) electrons. The van der Waals surface area contributed by atoms with E-state index in [1.807, 2.05) is 37.3 Å². The normalized spacial score (nSPS) is 11.4. The first-order valence-corrected chi connectivity index (χ1v) is 15.2. The Hall–Kier alpha value is -4.51. The van der Waals surface area contributed by atoms with Crippen LogP contribution in [0.1, 0.15) is 16.7 Å². The summed E-state index contributed by atoms with van der Waals surface area (Å²) in [6.07, 6.45) is 1.87. The zero-order valence-corrected chi connectivity index (χ0v) is 25.0. The standard InChI is InChI=1S/C32H31ClN4O5S/c1-24-10-16-30(17-11-24)43(40,41)37(19-18-25-6-3-2-4-7-25)22-31(38)36-34-21-26-12-14-29(15-13-26)42-23-32(39)35-28-9-5-8-27(33)20-28/h2-17,20-21H,18-19,22-23H2,1H3,(H,35,39)(H,36,38)/b34-21+. The van der Waals surface area contributed by atoms with Crippen LogP contribution >= 0.6 is 11.6 Å². The lowest BCUT2D eigenvalue weighted by atomic mass is 10.1. The van der Waals surface area contributed by atoms with E-state index in [0.29, 0.717) is 28.4 Å². The second kappa shape index (κ2) is 15.1. The number of hydrazone groups is 1. The van der Waals surface area contributed by atoms with Crippen LogP contribution in [0.4, 0.5) is 5.69 Å². The van der Waals surface area contributed by atoms with E-state index in [4.69, 9.17) is 16.3 Å². The Labute approximate surface area is 256 Å². The third kappa shape index (κ3) is 9.78. The highest BCUT2D eigenvalue weighted by Crippen LogP contribution is 2.18. The van der Waals surface area contributed by atoms with E-state index in [9.17, 15) is 18.0 Å². The summed E-state index contributed by atoms with van der Waals surface area (Å²) in [6, 6.07) is 29.5. The van der Waals surface area contributed by atoms with Crippen molar-refractivity contribution >= 4 is 45.3 Å². The average molecular weight is 619 g/mol. The smallest absolute Gasteiger partial charge is 0.262 e. The van der Waals surface area contributed by atoms with E-state index in [2.05, 4.69) is 15.8 Å². The molecule has 222 valence electrons. The number of sulfonamides is 1. The van der Waals surface area contributed by atoms with Gasteiger partial charge in [0.05, 0.1) is 17.7 Å². The molecule has 0 spiro atoms. The lowest BCUT2D eigenvalue weighted by molar-refractivity contribution is -0.121. The number of aryl methyl sites for hydroxylation is 1. The summed E-state index contributed by atoms with van der Waals surface area (Å²) >= 11 is 5.93. The van der Waals surface area contributed by atoms with Gasteiger partial charge in [-0.1, -0.05) is 65.7 Å². The Kier molecular flexibility index (Phi) is 11.0. The average Bonchev–Trinajstić information content (AvgIpc) is 2.99. The van der Waals surface area contributed by atoms with Crippen LogP contribution < -0.4 is 15.5 Å². The zero-order valence-electron chi connectivity index (χ0n) is 23.4. The van der Waals surface area contributed by atoms with Gasteiger partial charge in [-0.2, -0.15) is 9.41 Å². The van der Waals surface area contributed by atoms with Gasteiger partial charge in [0, 0.05) is 17.3 Å². The Bertz CT molecular complexity index is 1660. The van der Waals surface area contributed by atoms with Gasteiger partial charge in [0.25, 0.3) is 11.8 Å². The molecule has 4 aromatic carbocycles. The molecule has 0 atom stereocenters. The maximum absolute atomic E-state index is 13.4. The molecule has 0 aromatic heterocycles. The number of halogens is 1. The van der Waals surface area contributed by atoms with E-state index in [0.717, 1.165) is 15.4 Å². The van der Waals surface area contributed by atoms with Crippen molar-refractivity contribution in [2.24, 2.45) is 5.10 Å². The quantitative estimate of drug-likeness (QED) is 0.161. The lowest BCUT2D eigenvalue weighted by Gasteiger charge is -2.21. The summed E-state index contributed by atoms with van der Waals surface area (Å²) in [5.74, 6) is -0.443. The van der Waals surface area contributed by atoms with E-state index in [1.165, 1.54) is 18.3 Å². The number of anilines is 1. The molecule has 4 rings (SSSR count). The topological polar surface area (TPSA) is 117 Å². The largest absolute Gasteiger partial charge is 0.484 e. The van der Waals surface area contributed by atoms with Gasteiger partial charge in [0.1, 0.15) is 5.75 Å². The minimum Gasteiger partial charge on any atom is -0.484 e. The highest BCUT2D eigenvalue weighted by Gasteiger charge is 2.26. The monoisotopic (exact) mass is 618 g/mol. The second-order valence-corrected chi connectivity index (χ2v) is 12.0. The number of nitrogens with zero attached hydrogens (tertiary/aromatic N) is 2. The Morgan fingerprint density at radius 2 is 1.63 bits per heavy atom. The molecule has 11 heteroatoms. The summed E-state index contributed by atoms with van der Waals surface area (Å²) in [6.45, 7) is 1.40. The van der Waals surface area contributed by atoms with Gasteiger partial charge in [-0.3, -0.25) is 9.59 Å². The molecule has 43 heavy (non-hydrogen) atoms. The molecule has 0 aliphatic carbocycles. The molecular weight excluding hydrogens is 588 g/mol. The van der Waals surface area contributed by atoms with Crippen molar-refractivity contribution < 1.29 is 22.7 Å². The third-order valence-corrected chi connectivity index (χ3v) is 8.33. The van der Waals surface area contributed by atoms with Crippen molar-refractivity contribution in [3.63, 3.8) is 0 Å². The lowest BCUT2D eigenvalue weighted by Crippen LogP contribution is -2.40. The first-order chi connectivity index (χ1) is 20.7. The fourth-order valence-electron chi connectivity index (χ4n) is 3.98. The molecule has 9 nitrogen and oxygen atoms in total. The van der Waals surface area contributed by atoms with Crippen LogP contribution in [0, 0.1) is 6.92 Å². The van der Waals surface area contributed by atoms with Crippen LogP contribution in [0.2, 0.25) is 5.02 Å². The van der Waals surface area contributed by atoms with Gasteiger partial charge in [0.2, 0.25) is 10.0 Å². The van der Waals surface area contributed by atoms with Crippen molar-refractivity contribution in [3.8, 4) is 5.75 Å². The molecule has 0 heterocycles. The summed E-state index contributed by atoms with van der Waals surface area (Å²) < 4.78 is 33.5. The summed E-state index contributed by atoms with van der Waals surface area (Å²) in [7, 11) is -3.92. The number of hydrogen-bond acceptors (Lipinski definition) is 6. The maximum Gasteiger partial charge on any atom is 0.262 e. The van der Waals surface area contributed by atoms with Gasteiger partial charge < -0.3 is 10.1 Å². The molecule has 0 fully saturated rings. The van der Waals surface area contributed by atoms with Crippen LogP contribution in [0.25, 0.3) is 0 Å². The van der Waals surface area contributed by atoms with Crippen molar-refractivity contribution in [2.45, 2.75) is 18.2 Å². The number of rotatable bonds is 13. The number of carbonyl (C=O) groups excluding carboxylic acids is 2. The van der Waals surface area contributed by atoms with Crippen LogP contribution in [0.5, 0.6) is 5.75 Å². The third-order valence-electron chi connectivity index (χ3n) is 6.23. The second-order valence-electron chi connectivity index (χ2n) is 9.60. The molecule has 0 bridgehead atoms. The predicted molar refractivity (Wildman–Crippen MR) is 168 cm³/mol. The Morgan fingerprint density at radius 3 is 2.33 bits per heavy atom. The van der Waals surface area contributed by atoms with Crippen molar-refractivity contribution in [1.29, 1.82) is 0 Å². The van der Waals surface area contributed by atoms with E-state index >= 15 is 0 Å². The number of amides is 2. The number of hydrogen-bond donors (Lipinski definition) is 2. The SMILES string of the molecule is Cc1ccc(S(=O)(=O)N(CCc2ccccc2)CC(=O)N/N=C/c2ccc(OCC(=O)Nc3cccc(Cl)c3)cc2)cc1. The van der Waals surface area contributed by atoms with Crippen LogP contribution in [0.3, 0.4) is 0 Å². The first-order valence-electron chi connectivity index (χ1n) is 13.4. The van der Waals surface area contributed by atoms with Crippen LogP contribution in [0.15, 0.2) is 113 Å². The summed E-state index contributed by atoms with van der Waals surface area (Å²) in [5, 5.41) is 7.19. The highest BCUT2D eigenvalue weighted by atomic mass is 35.5. The zero-order chi connectivity index (χ0) is 30.7. The molecule has 2 amide bonds. The Balaban J connectivity index is 1.31. The van der Waals surface area contributed by atoms with Gasteiger partial charge in [-0.25, -0.2) is 13.8 Å². The fraction of sp³-hybridized carbons (Fsp3) is 0.156. The molecule has 0 unspecified atom stereocenters. The molecule has 2 N–H and O–H groups in total. The fourth-order valence-corrected chi connectivity index (χ4v) is 5.57. The van der Waals surface area contributed by atoms with Crippen molar-refractivity contribution in [1.82, 2.24) is 9.73 Å². The van der Waals surface area contributed by atoms with Gasteiger partial charge >= 0.3 is 0 Å². The highest BCUT2D eigenvalue weighted by molar-refractivity contribution is 7.89. The van der Waals surface area contributed by atoms with Gasteiger partial charge in [-0.05, 0) is 79.1 Å². The number of carbonyl (C=O) groups is 2. The van der Waals surface area contributed by atoms with E-state index in [-0.39, 0.29) is 24.0 Å². The molecule has 4 aromatic rings.